The number of nitrogens with one attached hydrogen (secondary N) is 1. The lowest BCUT2D eigenvalue weighted by Gasteiger charge is -2.38. The standard InChI is InChI=1S/C16H28N2OS/c1-16(2,3)12-17-14-9-13(15-5-4-8-20-15)10-18(11-14)6-7-19/h4-5,8,13-14,17,19H,6-7,9-12H2,1-3H3. The number of piperidine rings is 1. The van der Waals surface area contributed by atoms with E-state index in [4.69, 9.17) is 0 Å². The van der Waals surface area contributed by atoms with Crippen LogP contribution < -0.4 is 5.32 Å². The Morgan fingerprint density at radius 1 is 1.40 bits per heavy atom. The molecule has 0 bridgehead atoms. The van der Waals surface area contributed by atoms with Gasteiger partial charge in [-0.3, -0.25) is 4.90 Å². The van der Waals surface area contributed by atoms with Crippen molar-refractivity contribution in [1.82, 2.24) is 10.2 Å². The van der Waals surface area contributed by atoms with E-state index >= 15 is 0 Å². The molecule has 0 saturated carbocycles. The maximum absolute atomic E-state index is 9.22. The maximum Gasteiger partial charge on any atom is 0.0558 e. The highest BCUT2D eigenvalue weighted by atomic mass is 32.1. The maximum atomic E-state index is 9.22. The van der Waals surface area contributed by atoms with Gasteiger partial charge in [0.05, 0.1) is 6.61 Å². The molecule has 2 atom stereocenters. The lowest BCUT2D eigenvalue weighted by atomic mass is 9.91. The number of nitrogens with zero attached hydrogens (tertiary/aromatic N) is 1. The van der Waals surface area contributed by atoms with Crippen molar-refractivity contribution < 1.29 is 5.11 Å². The average molecular weight is 296 g/mol. The van der Waals surface area contributed by atoms with Crippen LogP contribution in [0.3, 0.4) is 0 Å². The smallest absolute Gasteiger partial charge is 0.0558 e. The third-order valence-corrected chi connectivity index (χ3v) is 4.84. The fraction of sp³-hybridized carbons (Fsp3) is 0.750. The van der Waals surface area contributed by atoms with Gasteiger partial charge in [-0.1, -0.05) is 26.8 Å². The largest absolute Gasteiger partial charge is 0.395 e. The molecule has 4 heteroatoms. The molecule has 1 aromatic heterocycles. The van der Waals surface area contributed by atoms with Crippen molar-refractivity contribution in [3.05, 3.63) is 22.4 Å². The second-order valence-corrected chi connectivity index (χ2v) is 8.05. The number of aliphatic hydroxyl groups is 1. The van der Waals surface area contributed by atoms with Gasteiger partial charge in [0.15, 0.2) is 0 Å². The van der Waals surface area contributed by atoms with Gasteiger partial charge in [-0.2, -0.15) is 0 Å². The van der Waals surface area contributed by atoms with E-state index in [0.717, 1.165) is 26.2 Å². The molecule has 0 aliphatic carbocycles. The molecule has 0 radical (unpaired) electrons. The van der Waals surface area contributed by atoms with Crippen molar-refractivity contribution in [3.63, 3.8) is 0 Å². The second kappa shape index (κ2) is 7.03. The highest BCUT2D eigenvalue weighted by Crippen LogP contribution is 2.30. The SMILES string of the molecule is CC(C)(C)CNC1CC(c2cccs2)CN(CCO)C1. The van der Waals surface area contributed by atoms with E-state index in [1.54, 1.807) is 0 Å². The predicted octanol–water partition coefficient (Wildman–Crippen LogP) is 2.53. The highest BCUT2D eigenvalue weighted by molar-refractivity contribution is 7.10. The monoisotopic (exact) mass is 296 g/mol. The van der Waals surface area contributed by atoms with Gasteiger partial charge in [0.2, 0.25) is 0 Å². The normalized spacial score (nSPS) is 25.0. The van der Waals surface area contributed by atoms with Crippen molar-refractivity contribution >= 4 is 11.3 Å². The number of aliphatic hydroxyl groups excluding tert-OH is 1. The van der Waals surface area contributed by atoms with Crippen molar-refractivity contribution in [2.45, 2.75) is 39.2 Å². The Balaban J connectivity index is 1.97. The van der Waals surface area contributed by atoms with Crippen LogP contribution in [0.2, 0.25) is 0 Å². The van der Waals surface area contributed by atoms with Gasteiger partial charge >= 0.3 is 0 Å². The van der Waals surface area contributed by atoms with E-state index in [1.165, 1.54) is 11.3 Å². The first-order valence-electron chi connectivity index (χ1n) is 7.58. The van der Waals surface area contributed by atoms with Gasteiger partial charge in [0.25, 0.3) is 0 Å². The highest BCUT2D eigenvalue weighted by Gasteiger charge is 2.28. The third-order valence-electron chi connectivity index (χ3n) is 3.81. The Kier molecular flexibility index (Phi) is 5.61. The lowest BCUT2D eigenvalue weighted by molar-refractivity contribution is 0.135. The summed E-state index contributed by atoms with van der Waals surface area (Å²) in [4.78, 5) is 3.88. The molecular formula is C16H28N2OS. The molecule has 1 fully saturated rings. The minimum atomic E-state index is 0.253. The first-order chi connectivity index (χ1) is 9.48. The second-order valence-electron chi connectivity index (χ2n) is 7.07. The number of thiophene rings is 1. The number of rotatable bonds is 5. The molecule has 0 aromatic carbocycles. The molecule has 2 unspecified atom stereocenters. The lowest BCUT2D eigenvalue weighted by Crippen LogP contribution is -2.50. The fourth-order valence-corrected chi connectivity index (χ4v) is 3.68. The number of hydrogen-bond acceptors (Lipinski definition) is 4. The Morgan fingerprint density at radius 3 is 2.80 bits per heavy atom. The molecule has 114 valence electrons. The van der Waals surface area contributed by atoms with Crippen LogP contribution in [0.4, 0.5) is 0 Å². The van der Waals surface area contributed by atoms with Crippen molar-refractivity contribution in [2.24, 2.45) is 5.41 Å². The summed E-state index contributed by atoms with van der Waals surface area (Å²) in [6, 6.07) is 4.92. The zero-order chi connectivity index (χ0) is 14.6. The quantitative estimate of drug-likeness (QED) is 0.876. The molecule has 0 amide bonds. The van der Waals surface area contributed by atoms with Crippen LogP contribution in [-0.2, 0) is 0 Å². The van der Waals surface area contributed by atoms with E-state index in [0.29, 0.717) is 17.4 Å². The number of hydrogen-bond donors (Lipinski definition) is 2. The minimum Gasteiger partial charge on any atom is -0.395 e. The van der Waals surface area contributed by atoms with Gasteiger partial charge in [-0.15, -0.1) is 11.3 Å². The molecule has 1 aromatic rings. The van der Waals surface area contributed by atoms with Crippen molar-refractivity contribution in [2.75, 3.05) is 32.8 Å². The van der Waals surface area contributed by atoms with Crippen molar-refractivity contribution in [1.29, 1.82) is 0 Å². The zero-order valence-electron chi connectivity index (χ0n) is 12.9. The topological polar surface area (TPSA) is 35.5 Å². The molecule has 20 heavy (non-hydrogen) atoms. The summed E-state index contributed by atoms with van der Waals surface area (Å²) in [5, 5.41) is 15.1. The average Bonchev–Trinajstić information content (AvgIpc) is 2.89. The molecule has 1 saturated heterocycles. The summed E-state index contributed by atoms with van der Waals surface area (Å²) in [5.41, 5.74) is 0.317. The summed E-state index contributed by atoms with van der Waals surface area (Å²) in [6.07, 6.45) is 1.21. The summed E-state index contributed by atoms with van der Waals surface area (Å²) in [5.74, 6) is 0.604. The Hall–Kier alpha value is -0.420. The molecule has 1 aliphatic heterocycles. The van der Waals surface area contributed by atoms with Crippen LogP contribution in [0.15, 0.2) is 17.5 Å². The number of likely N-dealkylation sites (tertiary alicyclic amines) is 1. The van der Waals surface area contributed by atoms with Crippen LogP contribution in [0.5, 0.6) is 0 Å². The molecule has 2 heterocycles. The summed E-state index contributed by atoms with van der Waals surface area (Å²) >= 11 is 1.86. The summed E-state index contributed by atoms with van der Waals surface area (Å²) in [7, 11) is 0. The van der Waals surface area contributed by atoms with Crippen LogP contribution >= 0.6 is 11.3 Å². The van der Waals surface area contributed by atoms with Crippen LogP contribution in [0.25, 0.3) is 0 Å². The minimum absolute atomic E-state index is 0.253. The van der Waals surface area contributed by atoms with E-state index in [9.17, 15) is 5.11 Å². The van der Waals surface area contributed by atoms with Crippen LogP contribution in [0.1, 0.15) is 38.0 Å². The fourth-order valence-electron chi connectivity index (χ4n) is 2.84. The van der Waals surface area contributed by atoms with E-state index in [1.807, 2.05) is 11.3 Å². The molecule has 2 rings (SSSR count). The molecule has 0 spiro atoms. The first-order valence-corrected chi connectivity index (χ1v) is 8.46. The summed E-state index contributed by atoms with van der Waals surface area (Å²) < 4.78 is 0. The number of β-amino-alcohol motifs (C(OH)–C–C–N with tert-alkyl or cyclic N) is 1. The molecule has 2 N–H and O–H groups in total. The van der Waals surface area contributed by atoms with Crippen LogP contribution in [0, 0.1) is 5.41 Å². The molecule has 3 nitrogen and oxygen atoms in total. The van der Waals surface area contributed by atoms with Crippen molar-refractivity contribution in [3.8, 4) is 0 Å². The zero-order valence-corrected chi connectivity index (χ0v) is 13.7. The Bertz CT molecular complexity index is 386. The van der Waals surface area contributed by atoms with Gasteiger partial charge in [0.1, 0.15) is 0 Å². The van der Waals surface area contributed by atoms with Gasteiger partial charge in [-0.05, 0) is 23.3 Å². The third kappa shape index (κ3) is 4.85. The Morgan fingerprint density at radius 2 is 2.20 bits per heavy atom. The first kappa shape index (κ1) is 16.0. The molecule has 1 aliphatic rings. The van der Waals surface area contributed by atoms with Crippen LogP contribution in [-0.4, -0.2) is 48.8 Å². The van der Waals surface area contributed by atoms with Gasteiger partial charge < -0.3 is 10.4 Å². The summed E-state index contributed by atoms with van der Waals surface area (Å²) in [6.45, 7) is 11.0. The Labute approximate surface area is 127 Å². The predicted molar refractivity (Wildman–Crippen MR) is 86.4 cm³/mol. The van der Waals surface area contributed by atoms with E-state index in [2.05, 4.69) is 48.5 Å². The van der Waals surface area contributed by atoms with E-state index in [-0.39, 0.29) is 6.61 Å². The van der Waals surface area contributed by atoms with Gasteiger partial charge in [-0.25, -0.2) is 0 Å². The van der Waals surface area contributed by atoms with E-state index < -0.39 is 0 Å². The van der Waals surface area contributed by atoms with Gasteiger partial charge in [0, 0.05) is 43.0 Å². The molecular weight excluding hydrogens is 268 g/mol.